The van der Waals surface area contributed by atoms with E-state index >= 15 is 0 Å². The zero-order valence-electron chi connectivity index (χ0n) is 9.55. The lowest BCUT2D eigenvalue weighted by molar-refractivity contribution is -0.140. The van der Waals surface area contributed by atoms with Gasteiger partial charge in [0.15, 0.2) is 0 Å². The van der Waals surface area contributed by atoms with Gasteiger partial charge in [0.05, 0.1) is 7.11 Å². The maximum atomic E-state index is 10.9. The van der Waals surface area contributed by atoms with E-state index in [1.165, 1.54) is 12.7 Å². The van der Waals surface area contributed by atoms with E-state index in [4.69, 9.17) is 0 Å². The van der Waals surface area contributed by atoms with Crippen LogP contribution in [-0.4, -0.2) is 19.6 Å². The van der Waals surface area contributed by atoms with Crippen molar-refractivity contribution in [2.75, 3.05) is 19.0 Å². The molecule has 0 amide bonds. The molecular formula is C12H16BrNO2. The van der Waals surface area contributed by atoms with Gasteiger partial charge in [0, 0.05) is 23.1 Å². The number of anilines is 1. The van der Waals surface area contributed by atoms with E-state index in [9.17, 15) is 4.79 Å². The maximum absolute atomic E-state index is 10.9. The second kappa shape index (κ2) is 6.53. The SMILES string of the molecule is COC(=O)CCCNc1cc(Br)ccc1C. The van der Waals surface area contributed by atoms with Crippen molar-refractivity contribution in [2.24, 2.45) is 0 Å². The highest BCUT2D eigenvalue weighted by Crippen LogP contribution is 2.20. The lowest BCUT2D eigenvalue weighted by Gasteiger charge is -2.09. The van der Waals surface area contributed by atoms with Crippen LogP contribution in [-0.2, 0) is 9.53 Å². The Bertz CT molecular complexity index is 366. The quantitative estimate of drug-likeness (QED) is 0.667. The third kappa shape index (κ3) is 4.23. The lowest BCUT2D eigenvalue weighted by Crippen LogP contribution is -2.07. The fraction of sp³-hybridized carbons (Fsp3) is 0.417. The van der Waals surface area contributed by atoms with Crippen LogP contribution in [0.5, 0.6) is 0 Å². The predicted octanol–water partition coefficient (Wildman–Crippen LogP) is 3.12. The van der Waals surface area contributed by atoms with Gasteiger partial charge < -0.3 is 10.1 Å². The van der Waals surface area contributed by atoms with E-state index in [-0.39, 0.29) is 5.97 Å². The molecule has 0 atom stereocenters. The minimum absolute atomic E-state index is 0.159. The van der Waals surface area contributed by atoms with Crippen molar-refractivity contribution in [2.45, 2.75) is 19.8 Å². The first kappa shape index (κ1) is 13.0. The monoisotopic (exact) mass is 285 g/mol. The summed E-state index contributed by atoms with van der Waals surface area (Å²) in [6.45, 7) is 2.82. The first-order chi connectivity index (χ1) is 7.63. The Morgan fingerprint density at radius 3 is 2.94 bits per heavy atom. The fourth-order valence-electron chi connectivity index (χ4n) is 1.34. The molecule has 3 nitrogen and oxygen atoms in total. The number of hydrogen-bond donors (Lipinski definition) is 1. The summed E-state index contributed by atoms with van der Waals surface area (Å²) in [6, 6.07) is 6.09. The molecule has 0 aliphatic rings. The van der Waals surface area contributed by atoms with Gasteiger partial charge in [-0.25, -0.2) is 0 Å². The summed E-state index contributed by atoms with van der Waals surface area (Å²) in [5.74, 6) is -0.159. The number of carbonyl (C=O) groups excluding carboxylic acids is 1. The molecule has 0 aromatic heterocycles. The molecule has 0 spiro atoms. The maximum Gasteiger partial charge on any atom is 0.305 e. The number of rotatable bonds is 5. The Balaban J connectivity index is 2.37. The van der Waals surface area contributed by atoms with Gasteiger partial charge in [0.25, 0.3) is 0 Å². The molecule has 0 aliphatic heterocycles. The molecule has 0 saturated heterocycles. The van der Waals surface area contributed by atoms with Crippen molar-refractivity contribution >= 4 is 27.6 Å². The number of benzene rings is 1. The molecule has 16 heavy (non-hydrogen) atoms. The molecule has 1 aromatic rings. The van der Waals surface area contributed by atoms with Crippen LogP contribution in [0, 0.1) is 6.92 Å². The number of ether oxygens (including phenoxy) is 1. The fourth-order valence-corrected chi connectivity index (χ4v) is 1.70. The summed E-state index contributed by atoms with van der Waals surface area (Å²) in [5.41, 5.74) is 2.29. The number of nitrogens with one attached hydrogen (secondary N) is 1. The molecule has 0 aliphatic carbocycles. The largest absolute Gasteiger partial charge is 0.469 e. The molecule has 0 fully saturated rings. The van der Waals surface area contributed by atoms with E-state index < -0.39 is 0 Å². The van der Waals surface area contributed by atoms with Crippen molar-refractivity contribution < 1.29 is 9.53 Å². The summed E-state index contributed by atoms with van der Waals surface area (Å²) in [6.07, 6.45) is 1.23. The van der Waals surface area contributed by atoms with E-state index in [2.05, 4.69) is 32.9 Å². The number of esters is 1. The second-order valence-electron chi connectivity index (χ2n) is 3.57. The molecule has 0 bridgehead atoms. The summed E-state index contributed by atoms with van der Waals surface area (Å²) >= 11 is 3.43. The molecule has 0 heterocycles. The molecule has 1 aromatic carbocycles. The standard InChI is InChI=1S/C12H16BrNO2/c1-9-5-6-10(13)8-11(9)14-7-3-4-12(15)16-2/h5-6,8,14H,3-4,7H2,1-2H3. The van der Waals surface area contributed by atoms with E-state index in [1.54, 1.807) is 0 Å². The molecule has 4 heteroatoms. The lowest BCUT2D eigenvalue weighted by atomic mass is 10.2. The van der Waals surface area contributed by atoms with Crippen molar-refractivity contribution in [3.63, 3.8) is 0 Å². The Hall–Kier alpha value is -1.03. The number of hydrogen-bond acceptors (Lipinski definition) is 3. The molecule has 0 radical (unpaired) electrons. The summed E-state index contributed by atoms with van der Waals surface area (Å²) < 4.78 is 5.62. The van der Waals surface area contributed by atoms with Gasteiger partial charge in [0.2, 0.25) is 0 Å². The third-order valence-electron chi connectivity index (χ3n) is 2.30. The highest BCUT2D eigenvalue weighted by Gasteiger charge is 2.01. The van der Waals surface area contributed by atoms with Gasteiger partial charge in [-0.3, -0.25) is 4.79 Å². The molecule has 88 valence electrons. The van der Waals surface area contributed by atoms with Crippen LogP contribution < -0.4 is 5.32 Å². The first-order valence-corrected chi connectivity index (χ1v) is 5.99. The second-order valence-corrected chi connectivity index (χ2v) is 4.48. The van der Waals surface area contributed by atoms with Crippen molar-refractivity contribution in [3.05, 3.63) is 28.2 Å². The van der Waals surface area contributed by atoms with Crippen molar-refractivity contribution in [3.8, 4) is 0 Å². The number of carbonyl (C=O) groups is 1. The molecule has 0 saturated carbocycles. The van der Waals surface area contributed by atoms with Crippen LogP contribution >= 0.6 is 15.9 Å². The molecule has 1 N–H and O–H groups in total. The average molecular weight is 286 g/mol. The van der Waals surface area contributed by atoms with E-state index in [0.717, 1.165) is 23.1 Å². The normalized spacial score (nSPS) is 9.94. The number of halogens is 1. The Morgan fingerprint density at radius 1 is 1.50 bits per heavy atom. The van der Waals surface area contributed by atoms with Crippen molar-refractivity contribution in [1.29, 1.82) is 0 Å². The predicted molar refractivity (Wildman–Crippen MR) is 68.6 cm³/mol. The average Bonchev–Trinajstić information content (AvgIpc) is 2.28. The van der Waals surface area contributed by atoms with Crippen LogP contribution in [0.15, 0.2) is 22.7 Å². The van der Waals surface area contributed by atoms with Gasteiger partial charge in [-0.2, -0.15) is 0 Å². The topological polar surface area (TPSA) is 38.3 Å². The van der Waals surface area contributed by atoms with Gasteiger partial charge in [-0.1, -0.05) is 22.0 Å². The highest BCUT2D eigenvalue weighted by atomic mass is 79.9. The van der Waals surface area contributed by atoms with E-state index in [1.807, 2.05) is 18.2 Å². The van der Waals surface area contributed by atoms with Crippen molar-refractivity contribution in [1.82, 2.24) is 0 Å². The molecule has 0 unspecified atom stereocenters. The number of methoxy groups -OCH3 is 1. The summed E-state index contributed by atoms with van der Waals surface area (Å²) in [5, 5.41) is 3.30. The minimum Gasteiger partial charge on any atom is -0.469 e. The Kier molecular flexibility index (Phi) is 5.32. The molecular weight excluding hydrogens is 270 g/mol. The molecule has 1 rings (SSSR count). The first-order valence-electron chi connectivity index (χ1n) is 5.20. The van der Waals surface area contributed by atoms with Gasteiger partial charge in [-0.15, -0.1) is 0 Å². The van der Waals surface area contributed by atoms with Crippen LogP contribution in [0.4, 0.5) is 5.69 Å². The number of aryl methyl sites for hydroxylation is 1. The Labute approximate surface area is 104 Å². The minimum atomic E-state index is -0.159. The Morgan fingerprint density at radius 2 is 2.25 bits per heavy atom. The van der Waals surface area contributed by atoms with Gasteiger partial charge in [0.1, 0.15) is 0 Å². The summed E-state index contributed by atoms with van der Waals surface area (Å²) in [7, 11) is 1.41. The van der Waals surface area contributed by atoms with Crippen LogP contribution in [0.1, 0.15) is 18.4 Å². The van der Waals surface area contributed by atoms with E-state index in [0.29, 0.717) is 6.42 Å². The smallest absolute Gasteiger partial charge is 0.305 e. The van der Waals surface area contributed by atoms with Crippen LogP contribution in [0.25, 0.3) is 0 Å². The van der Waals surface area contributed by atoms with Gasteiger partial charge >= 0.3 is 5.97 Å². The van der Waals surface area contributed by atoms with Crippen LogP contribution in [0.2, 0.25) is 0 Å². The zero-order valence-corrected chi connectivity index (χ0v) is 11.1. The zero-order chi connectivity index (χ0) is 12.0. The third-order valence-corrected chi connectivity index (χ3v) is 2.79. The van der Waals surface area contributed by atoms with Gasteiger partial charge in [-0.05, 0) is 31.0 Å². The van der Waals surface area contributed by atoms with Crippen LogP contribution in [0.3, 0.4) is 0 Å². The summed E-state index contributed by atoms with van der Waals surface area (Å²) in [4.78, 5) is 10.9. The highest BCUT2D eigenvalue weighted by molar-refractivity contribution is 9.10.